The molecule has 0 aliphatic carbocycles. The SMILES string of the molecule is OC1=Cc2cc(-c3ccccc3)cc(-c3ccccc3)[n+]2C1c1ccccc1.[Cl-]. The number of hydrogen-bond acceptors (Lipinski definition) is 1. The summed E-state index contributed by atoms with van der Waals surface area (Å²) in [5.74, 6) is 0.369. The fourth-order valence-corrected chi connectivity index (χ4v) is 3.97. The van der Waals surface area contributed by atoms with E-state index in [2.05, 4.69) is 77.4 Å². The van der Waals surface area contributed by atoms with E-state index < -0.39 is 0 Å². The van der Waals surface area contributed by atoms with Gasteiger partial charge in [-0.1, -0.05) is 78.9 Å². The average molecular weight is 398 g/mol. The van der Waals surface area contributed by atoms with E-state index in [1.807, 2.05) is 36.4 Å². The Morgan fingerprint density at radius 2 is 1.17 bits per heavy atom. The normalized spacial score (nSPS) is 14.6. The van der Waals surface area contributed by atoms with Crippen LogP contribution < -0.4 is 17.0 Å². The third-order valence-corrected chi connectivity index (χ3v) is 5.26. The third-order valence-electron chi connectivity index (χ3n) is 5.26. The Morgan fingerprint density at radius 1 is 0.621 bits per heavy atom. The second-order valence-electron chi connectivity index (χ2n) is 7.04. The molecule has 0 saturated carbocycles. The highest BCUT2D eigenvalue weighted by atomic mass is 35.5. The fraction of sp³-hybridized carbons (Fsp3) is 0.0385. The van der Waals surface area contributed by atoms with Crippen molar-refractivity contribution in [2.45, 2.75) is 6.04 Å². The van der Waals surface area contributed by atoms with Gasteiger partial charge in [0.25, 0.3) is 0 Å². The molecule has 1 unspecified atom stereocenters. The first-order chi connectivity index (χ1) is 13.8. The van der Waals surface area contributed by atoms with E-state index in [1.165, 1.54) is 5.56 Å². The van der Waals surface area contributed by atoms with E-state index in [1.54, 1.807) is 0 Å². The van der Waals surface area contributed by atoms with Crippen LogP contribution in [0.25, 0.3) is 28.5 Å². The molecule has 0 spiro atoms. The molecule has 29 heavy (non-hydrogen) atoms. The lowest BCUT2D eigenvalue weighted by Gasteiger charge is -2.14. The minimum absolute atomic E-state index is 0. The molecular weight excluding hydrogens is 378 g/mol. The second kappa shape index (κ2) is 7.94. The molecule has 0 radical (unpaired) electrons. The van der Waals surface area contributed by atoms with Crippen molar-refractivity contribution in [3.05, 3.63) is 120 Å². The number of allylic oxidation sites excluding steroid dienone is 1. The van der Waals surface area contributed by atoms with Gasteiger partial charge in [-0.2, -0.15) is 4.57 Å². The molecule has 5 rings (SSSR count). The fourth-order valence-electron chi connectivity index (χ4n) is 3.97. The van der Waals surface area contributed by atoms with Crippen molar-refractivity contribution in [1.29, 1.82) is 0 Å². The van der Waals surface area contributed by atoms with E-state index in [4.69, 9.17) is 0 Å². The van der Waals surface area contributed by atoms with Crippen molar-refractivity contribution < 1.29 is 22.1 Å². The van der Waals surface area contributed by atoms with Crippen molar-refractivity contribution in [3.8, 4) is 22.4 Å². The molecule has 1 aliphatic heterocycles. The number of nitrogens with zero attached hydrogens (tertiary/aromatic N) is 1. The number of rotatable bonds is 3. The lowest BCUT2D eigenvalue weighted by molar-refractivity contribution is -0.694. The van der Waals surface area contributed by atoms with Crippen molar-refractivity contribution in [2.75, 3.05) is 0 Å². The second-order valence-corrected chi connectivity index (χ2v) is 7.04. The maximum atomic E-state index is 10.8. The van der Waals surface area contributed by atoms with Gasteiger partial charge in [-0.15, -0.1) is 0 Å². The molecule has 1 N–H and O–H groups in total. The minimum Gasteiger partial charge on any atom is -1.00 e. The Labute approximate surface area is 176 Å². The van der Waals surface area contributed by atoms with Gasteiger partial charge in [-0.3, -0.25) is 0 Å². The van der Waals surface area contributed by atoms with Crippen LogP contribution in [0.2, 0.25) is 0 Å². The molecule has 1 atom stereocenters. The molecule has 0 fully saturated rings. The molecule has 1 aromatic heterocycles. The highest BCUT2D eigenvalue weighted by Gasteiger charge is 2.38. The largest absolute Gasteiger partial charge is 1.00 e. The maximum Gasteiger partial charge on any atom is 0.241 e. The Balaban J connectivity index is 0.00000205. The van der Waals surface area contributed by atoms with Crippen LogP contribution in [-0.4, -0.2) is 5.11 Å². The molecule has 3 heteroatoms. The van der Waals surface area contributed by atoms with Gasteiger partial charge in [0.05, 0.1) is 6.08 Å². The van der Waals surface area contributed by atoms with Crippen molar-refractivity contribution in [1.82, 2.24) is 0 Å². The summed E-state index contributed by atoms with van der Waals surface area (Å²) in [6.07, 6.45) is 1.89. The standard InChI is InChI=1S/C26H19NO.ClH/c28-25-18-23-16-22(19-10-4-1-5-11-19)17-24(20-12-6-2-7-13-20)27(23)26(25)21-14-8-3-9-15-21;/h1-18,26H;1H. The van der Waals surface area contributed by atoms with Gasteiger partial charge < -0.3 is 17.5 Å². The van der Waals surface area contributed by atoms with Crippen LogP contribution in [-0.2, 0) is 0 Å². The zero-order valence-corrected chi connectivity index (χ0v) is 16.5. The van der Waals surface area contributed by atoms with Crippen LogP contribution in [0, 0.1) is 0 Å². The molecule has 2 heterocycles. The van der Waals surface area contributed by atoms with Gasteiger partial charge >= 0.3 is 0 Å². The lowest BCUT2D eigenvalue weighted by atomic mass is 10.0. The molecule has 3 aromatic carbocycles. The van der Waals surface area contributed by atoms with Gasteiger partial charge in [0.15, 0.2) is 5.76 Å². The van der Waals surface area contributed by atoms with Gasteiger partial charge in [0.1, 0.15) is 0 Å². The molecule has 2 nitrogen and oxygen atoms in total. The number of halogens is 1. The number of aliphatic hydroxyl groups is 1. The number of aromatic nitrogens is 1. The monoisotopic (exact) mass is 397 g/mol. The van der Waals surface area contributed by atoms with Crippen molar-refractivity contribution >= 4 is 6.08 Å². The van der Waals surface area contributed by atoms with Crippen molar-refractivity contribution in [2.24, 2.45) is 0 Å². The van der Waals surface area contributed by atoms with E-state index >= 15 is 0 Å². The smallest absolute Gasteiger partial charge is 0.241 e. The van der Waals surface area contributed by atoms with E-state index in [0.29, 0.717) is 5.76 Å². The summed E-state index contributed by atoms with van der Waals surface area (Å²) in [5.41, 5.74) is 6.61. The predicted molar refractivity (Wildman–Crippen MR) is 113 cm³/mol. The van der Waals surface area contributed by atoms with Crippen LogP contribution >= 0.6 is 0 Å². The number of benzene rings is 3. The summed E-state index contributed by atoms with van der Waals surface area (Å²) in [6.45, 7) is 0. The molecule has 0 saturated heterocycles. The summed E-state index contributed by atoms with van der Waals surface area (Å²) in [4.78, 5) is 0. The van der Waals surface area contributed by atoms with Crippen LogP contribution in [0.1, 0.15) is 17.3 Å². The summed E-state index contributed by atoms with van der Waals surface area (Å²) in [6, 6.07) is 35.1. The molecule has 0 bridgehead atoms. The number of hydrogen-bond donors (Lipinski definition) is 1. The summed E-state index contributed by atoms with van der Waals surface area (Å²) >= 11 is 0. The van der Waals surface area contributed by atoms with Gasteiger partial charge in [-0.25, -0.2) is 0 Å². The Hall–Kier alpha value is -3.36. The van der Waals surface area contributed by atoms with E-state index in [-0.39, 0.29) is 18.4 Å². The van der Waals surface area contributed by atoms with Gasteiger partial charge in [0, 0.05) is 23.3 Å². The molecule has 142 valence electrons. The Bertz CT molecular complexity index is 1160. The summed E-state index contributed by atoms with van der Waals surface area (Å²) in [7, 11) is 0. The number of fused-ring (bicyclic) bond motifs is 1. The van der Waals surface area contributed by atoms with Gasteiger partial charge in [0.2, 0.25) is 17.4 Å². The predicted octanol–water partition coefficient (Wildman–Crippen LogP) is 2.81. The van der Waals surface area contributed by atoms with Crippen LogP contribution in [0.15, 0.2) is 109 Å². The zero-order chi connectivity index (χ0) is 18.9. The third kappa shape index (κ3) is 3.43. The quantitative estimate of drug-likeness (QED) is 0.528. The Morgan fingerprint density at radius 3 is 1.79 bits per heavy atom. The van der Waals surface area contributed by atoms with Crippen LogP contribution in [0.3, 0.4) is 0 Å². The molecule has 0 amide bonds. The van der Waals surface area contributed by atoms with E-state index in [0.717, 1.165) is 28.1 Å². The molecule has 4 aromatic rings. The maximum absolute atomic E-state index is 10.8. The highest BCUT2D eigenvalue weighted by molar-refractivity contribution is 5.72. The average Bonchev–Trinajstić information content (AvgIpc) is 3.10. The van der Waals surface area contributed by atoms with Crippen LogP contribution in [0.4, 0.5) is 0 Å². The topological polar surface area (TPSA) is 24.1 Å². The lowest BCUT2D eigenvalue weighted by Crippen LogP contribution is -3.00. The number of aliphatic hydroxyl groups excluding tert-OH is 1. The Kier molecular flexibility index (Phi) is 5.20. The molecule has 1 aliphatic rings. The van der Waals surface area contributed by atoms with Crippen LogP contribution in [0.5, 0.6) is 0 Å². The summed E-state index contributed by atoms with van der Waals surface area (Å²) in [5, 5.41) is 10.8. The van der Waals surface area contributed by atoms with E-state index in [9.17, 15) is 5.11 Å². The zero-order valence-electron chi connectivity index (χ0n) is 15.7. The molecular formula is C26H20ClNO. The highest BCUT2D eigenvalue weighted by Crippen LogP contribution is 2.33. The first-order valence-electron chi connectivity index (χ1n) is 9.47. The van der Waals surface area contributed by atoms with Gasteiger partial charge in [-0.05, 0) is 23.3 Å². The number of pyridine rings is 1. The summed E-state index contributed by atoms with van der Waals surface area (Å²) < 4.78 is 2.23. The minimum atomic E-state index is -0.212. The first-order valence-corrected chi connectivity index (χ1v) is 9.47. The first kappa shape index (κ1) is 19.0. The van der Waals surface area contributed by atoms with Crippen molar-refractivity contribution in [3.63, 3.8) is 0 Å².